The smallest absolute Gasteiger partial charge is 0.416 e. The normalized spacial score (nSPS) is 17.9. The van der Waals surface area contributed by atoms with Crippen LogP contribution in [0.1, 0.15) is 24.8 Å². The summed E-state index contributed by atoms with van der Waals surface area (Å²) in [6, 6.07) is 9.62. The molecular formula is C16H21NO4. The number of cyclic esters (lactones) is 1. The largest absolute Gasteiger partial charge is 0.447 e. The molecule has 0 saturated carbocycles. The molecule has 5 heteroatoms. The Labute approximate surface area is 124 Å². The maximum atomic E-state index is 12.2. The lowest BCUT2D eigenvalue weighted by Crippen LogP contribution is -2.40. The average Bonchev–Trinajstić information content (AvgIpc) is 2.85. The first-order valence-electron chi connectivity index (χ1n) is 7.24. The van der Waals surface area contributed by atoms with E-state index in [4.69, 9.17) is 9.47 Å². The van der Waals surface area contributed by atoms with E-state index in [0.29, 0.717) is 25.9 Å². The predicted octanol–water partition coefficient (Wildman–Crippen LogP) is 2.39. The Morgan fingerprint density at radius 3 is 2.81 bits per heavy atom. The summed E-state index contributed by atoms with van der Waals surface area (Å²) in [7, 11) is 1.63. The van der Waals surface area contributed by atoms with E-state index >= 15 is 0 Å². The predicted molar refractivity (Wildman–Crippen MR) is 77.9 cm³/mol. The van der Waals surface area contributed by atoms with Gasteiger partial charge in [0, 0.05) is 20.1 Å². The van der Waals surface area contributed by atoms with Crippen LogP contribution in [-0.4, -0.2) is 43.3 Å². The lowest BCUT2D eigenvalue weighted by atomic mass is 10.1. The number of nitrogens with zero attached hydrogens (tertiary/aromatic N) is 1. The van der Waals surface area contributed by atoms with Crippen LogP contribution in [0.3, 0.4) is 0 Å². The van der Waals surface area contributed by atoms with Crippen LogP contribution < -0.4 is 0 Å². The van der Waals surface area contributed by atoms with Gasteiger partial charge >= 0.3 is 6.09 Å². The van der Waals surface area contributed by atoms with Gasteiger partial charge in [0.1, 0.15) is 6.61 Å². The van der Waals surface area contributed by atoms with Gasteiger partial charge in [-0.1, -0.05) is 30.3 Å². The van der Waals surface area contributed by atoms with Crippen LogP contribution >= 0.6 is 0 Å². The van der Waals surface area contributed by atoms with Crippen molar-refractivity contribution in [3.05, 3.63) is 35.9 Å². The minimum atomic E-state index is -0.521. The van der Waals surface area contributed by atoms with Gasteiger partial charge in [0.25, 0.3) is 0 Å². The molecule has 1 heterocycles. The van der Waals surface area contributed by atoms with E-state index in [1.807, 2.05) is 30.3 Å². The summed E-state index contributed by atoms with van der Waals surface area (Å²) in [5.41, 5.74) is 1.10. The number of hydrogen-bond acceptors (Lipinski definition) is 4. The lowest BCUT2D eigenvalue weighted by molar-refractivity contribution is -0.129. The summed E-state index contributed by atoms with van der Waals surface area (Å²) >= 11 is 0. The summed E-state index contributed by atoms with van der Waals surface area (Å²) in [4.78, 5) is 25.2. The fraction of sp³-hybridized carbons (Fsp3) is 0.500. The monoisotopic (exact) mass is 291 g/mol. The van der Waals surface area contributed by atoms with Gasteiger partial charge in [-0.3, -0.25) is 4.79 Å². The molecule has 5 nitrogen and oxygen atoms in total. The molecule has 1 fully saturated rings. The van der Waals surface area contributed by atoms with Gasteiger partial charge in [0.15, 0.2) is 0 Å². The molecule has 21 heavy (non-hydrogen) atoms. The van der Waals surface area contributed by atoms with Crippen LogP contribution in [0.15, 0.2) is 30.3 Å². The summed E-state index contributed by atoms with van der Waals surface area (Å²) in [6.45, 7) is 0.905. The topological polar surface area (TPSA) is 55.8 Å². The zero-order valence-corrected chi connectivity index (χ0v) is 12.3. The lowest BCUT2D eigenvalue weighted by Gasteiger charge is -2.19. The van der Waals surface area contributed by atoms with Crippen LogP contribution in [0.4, 0.5) is 4.79 Å². The highest BCUT2D eigenvalue weighted by molar-refractivity contribution is 5.93. The zero-order valence-electron chi connectivity index (χ0n) is 12.3. The minimum absolute atomic E-state index is 0.158. The van der Waals surface area contributed by atoms with Gasteiger partial charge in [0.2, 0.25) is 5.91 Å². The van der Waals surface area contributed by atoms with Crippen molar-refractivity contribution < 1.29 is 19.1 Å². The fourth-order valence-corrected chi connectivity index (χ4v) is 2.45. The number of rotatable bonds is 7. The molecule has 2 amide bonds. The molecular weight excluding hydrogens is 270 g/mol. The number of carbonyl (C=O) groups excluding carboxylic acids is 2. The Bertz CT molecular complexity index is 474. The molecule has 0 aliphatic carbocycles. The zero-order chi connectivity index (χ0) is 15.1. The third-order valence-electron chi connectivity index (χ3n) is 3.53. The average molecular weight is 291 g/mol. The quantitative estimate of drug-likeness (QED) is 0.724. The molecule has 2 rings (SSSR count). The molecule has 1 aliphatic rings. The van der Waals surface area contributed by atoms with Crippen LogP contribution in [0.2, 0.25) is 0 Å². The maximum absolute atomic E-state index is 12.2. The Balaban J connectivity index is 1.92. The molecule has 1 aliphatic heterocycles. The van der Waals surface area contributed by atoms with Crippen LogP contribution in [0.25, 0.3) is 0 Å². The first-order valence-corrected chi connectivity index (χ1v) is 7.24. The Morgan fingerprint density at radius 2 is 2.10 bits per heavy atom. The Hall–Kier alpha value is -1.88. The van der Waals surface area contributed by atoms with Crippen molar-refractivity contribution in [2.24, 2.45) is 0 Å². The minimum Gasteiger partial charge on any atom is -0.447 e. The maximum Gasteiger partial charge on any atom is 0.416 e. The number of carbonyl (C=O) groups is 2. The van der Waals surface area contributed by atoms with E-state index in [1.54, 1.807) is 7.11 Å². The molecule has 114 valence electrons. The number of amides is 2. The van der Waals surface area contributed by atoms with Crippen molar-refractivity contribution >= 4 is 12.0 Å². The highest BCUT2D eigenvalue weighted by Crippen LogP contribution is 2.19. The van der Waals surface area contributed by atoms with Crippen molar-refractivity contribution in [1.82, 2.24) is 4.90 Å². The van der Waals surface area contributed by atoms with Gasteiger partial charge in [0.05, 0.1) is 6.04 Å². The van der Waals surface area contributed by atoms with Crippen LogP contribution in [0.5, 0.6) is 0 Å². The second-order valence-corrected chi connectivity index (χ2v) is 5.13. The van der Waals surface area contributed by atoms with Crippen LogP contribution in [0, 0.1) is 0 Å². The van der Waals surface area contributed by atoms with Crippen molar-refractivity contribution in [1.29, 1.82) is 0 Å². The van der Waals surface area contributed by atoms with E-state index in [1.165, 1.54) is 4.90 Å². The first kappa shape index (κ1) is 15.5. The third-order valence-corrected chi connectivity index (χ3v) is 3.53. The molecule has 1 saturated heterocycles. The van der Waals surface area contributed by atoms with E-state index in [0.717, 1.165) is 12.0 Å². The second kappa shape index (κ2) is 7.78. The van der Waals surface area contributed by atoms with Gasteiger partial charge < -0.3 is 9.47 Å². The van der Waals surface area contributed by atoms with Gasteiger partial charge in [-0.15, -0.1) is 0 Å². The highest BCUT2D eigenvalue weighted by atomic mass is 16.6. The number of imide groups is 1. The summed E-state index contributed by atoms with van der Waals surface area (Å²) < 4.78 is 9.99. The Morgan fingerprint density at radius 1 is 1.33 bits per heavy atom. The van der Waals surface area contributed by atoms with Crippen molar-refractivity contribution in [3.8, 4) is 0 Å². The van der Waals surface area contributed by atoms with Crippen molar-refractivity contribution in [2.75, 3.05) is 20.3 Å². The van der Waals surface area contributed by atoms with Crippen molar-refractivity contribution in [2.45, 2.75) is 31.7 Å². The third kappa shape index (κ3) is 4.29. The molecule has 1 aromatic carbocycles. The highest BCUT2D eigenvalue weighted by Gasteiger charge is 2.37. The molecule has 1 unspecified atom stereocenters. The van der Waals surface area contributed by atoms with Gasteiger partial charge in [-0.2, -0.15) is 0 Å². The standard InChI is InChI=1S/C16H21NO4/c1-20-10-6-5-9-15(18)17-14(12-21-16(17)19)11-13-7-3-2-4-8-13/h2-4,7-8,14H,5-6,9-12H2,1H3. The fourth-order valence-electron chi connectivity index (χ4n) is 2.45. The van der Waals surface area contributed by atoms with E-state index in [9.17, 15) is 9.59 Å². The number of hydrogen-bond donors (Lipinski definition) is 0. The number of benzene rings is 1. The van der Waals surface area contributed by atoms with Crippen LogP contribution in [-0.2, 0) is 20.7 Å². The number of unbranched alkanes of at least 4 members (excludes halogenated alkanes) is 1. The van der Waals surface area contributed by atoms with E-state index in [-0.39, 0.29) is 18.6 Å². The first-order chi connectivity index (χ1) is 10.2. The molecule has 0 N–H and O–H groups in total. The molecule has 1 atom stereocenters. The van der Waals surface area contributed by atoms with E-state index in [2.05, 4.69) is 0 Å². The van der Waals surface area contributed by atoms with Crippen molar-refractivity contribution in [3.63, 3.8) is 0 Å². The molecule has 0 aromatic heterocycles. The second-order valence-electron chi connectivity index (χ2n) is 5.13. The number of ether oxygens (including phenoxy) is 2. The summed E-state index contributed by atoms with van der Waals surface area (Å²) in [6.07, 6.45) is 2.00. The molecule has 0 spiro atoms. The van der Waals surface area contributed by atoms with E-state index < -0.39 is 6.09 Å². The summed E-state index contributed by atoms with van der Waals surface area (Å²) in [5, 5.41) is 0. The molecule has 0 radical (unpaired) electrons. The SMILES string of the molecule is COCCCCC(=O)N1C(=O)OCC1Cc1ccccc1. The Kier molecular flexibility index (Phi) is 5.75. The molecule has 1 aromatic rings. The molecule has 0 bridgehead atoms. The number of methoxy groups -OCH3 is 1. The van der Waals surface area contributed by atoms with Gasteiger partial charge in [-0.25, -0.2) is 9.69 Å². The summed E-state index contributed by atoms with van der Waals surface area (Å²) in [5.74, 6) is -0.158. The van der Waals surface area contributed by atoms with Gasteiger partial charge in [-0.05, 0) is 24.8 Å².